The third-order valence-electron chi connectivity index (χ3n) is 2.29. The molecule has 1 aromatic carbocycles. The van der Waals surface area contributed by atoms with Crippen LogP contribution in [0, 0.1) is 10.1 Å². The normalized spacial score (nSPS) is 10.1. The van der Waals surface area contributed by atoms with Crippen molar-refractivity contribution in [3.63, 3.8) is 0 Å². The van der Waals surface area contributed by atoms with Gasteiger partial charge in [-0.3, -0.25) is 10.1 Å². The van der Waals surface area contributed by atoms with Crippen LogP contribution in [-0.2, 0) is 11.3 Å². The third kappa shape index (κ3) is 4.85. The molecule has 18 heavy (non-hydrogen) atoms. The predicted molar refractivity (Wildman–Crippen MR) is 73.3 cm³/mol. The third-order valence-corrected chi connectivity index (χ3v) is 2.79. The van der Waals surface area contributed by atoms with E-state index >= 15 is 0 Å². The molecular formula is C12H15BrN2O3. The average molecular weight is 315 g/mol. The number of nitrogens with zero attached hydrogens (tertiary/aromatic N) is 1. The quantitative estimate of drug-likeness (QED) is 0.347. The van der Waals surface area contributed by atoms with Gasteiger partial charge in [-0.25, -0.2) is 0 Å². The van der Waals surface area contributed by atoms with E-state index in [1.807, 2.05) is 0 Å². The molecule has 1 rings (SSSR count). The van der Waals surface area contributed by atoms with Crippen molar-refractivity contribution in [3.05, 3.63) is 51.2 Å². The van der Waals surface area contributed by atoms with Crippen LogP contribution in [0.15, 0.2) is 35.5 Å². The van der Waals surface area contributed by atoms with E-state index in [-0.39, 0.29) is 10.6 Å². The minimum absolute atomic E-state index is 0.124. The van der Waals surface area contributed by atoms with Crippen LogP contribution in [0.4, 0.5) is 5.69 Å². The topological polar surface area (TPSA) is 64.4 Å². The lowest BCUT2D eigenvalue weighted by molar-refractivity contribution is -0.385. The zero-order valence-corrected chi connectivity index (χ0v) is 11.5. The van der Waals surface area contributed by atoms with Crippen molar-refractivity contribution in [3.8, 4) is 0 Å². The van der Waals surface area contributed by atoms with Gasteiger partial charge in [0, 0.05) is 22.6 Å². The Kier molecular flexibility index (Phi) is 6.38. The largest absolute Gasteiger partial charge is 0.502 e. The monoisotopic (exact) mass is 314 g/mol. The minimum Gasteiger partial charge on any atom is -0.502 e. The molecule has 1 N–H and O–H groups in total. The number of hydrogen-bond acceptors (Lipinski definition) is 4. The van der Waals surface area contributed by atoms with E-state index in [0.29, 0.717) is 23.2 Å². The van der Waals surface area contributed by atoms with Crippen molar-refractivity contribution in [1.82, 2.24) is 5.32 Å². The number of halogens is 1. The van der Waals surface area contributed by atoms with Crippen molar-refractivity contribution in [2.75, 3.05) is 13.2 Å². The first-order valence-corrected chi connectivity index (χ1v) is 6.30. The minimum atomic E-state index is -0.372. The van der Waals surface area contributed by atoms with Crippen LogP contribution < -0.4 is 5.32 Å². The Hall–Kier alpha value is -1.40. The number of nitro benzene ring substituents is 1. The summed E-state index contributed by atoms with van der Waals surface area (Å²) < 4.78 is 5.68. The molecule has 0 amide bonds. The van der Waals surface area contributed by atoms with E-state index < -0.39 is 0 Å². The maximum absolute atomic E-state index is 10.9. The molecule has 0 radical (unpaired) electrons. The summed E-state index contributed by atoms with van der Waals surface area (Å²) in [5, 5.41) is 14.0. The number of rotatable bonds is 8. The molecule has 0 aromatic heterocycles. The van der Waals surface area contributed by atoms with E-state index in [9.17, 15) is 10.1 Å². The van der Waals surface area contributed by atoms with E-state index in [1.165, 1.54) is 12.3 Å². The summed E-state index contributed by atoms with van der Waals surface area (Å²) in [6, 6.07) is 5.05. The van der Waals surface area contributed by atoms with Crippen LogP contribution in [0.2, 0.25) is 0 Å². The van der Waals surface area contributed by atoms with Crippen LogP contribution in [0.5, 0.6) is 0 Å². The molecule has 98 valence electrons. The van der Waals surface area contributed by atoms with Gasteiger partial charge in [-0.1, -0.05) is 22.5 Å². The highest BCUT2D eigenvalue weighted by molar-refractivity contribution is 9.10. The lowest BCUT2D eigenvalue weighted by Gasteiger charge is -2.06. The summed E-state index contributed by atoms with van der Waals surface area (Å²) in [5.41, 5.74) is 0.798. The summed E-state index contributed by atoms with van der Waals surface area (Å²) in [4.78, 5) is 10.5. The standard InChI is InChI=1S/C12H15BrN2O3/c1-2-18-7-3-6-14-9-10-4-5-11(13)8-12(10)15(16)17/h2,4-5,8,14H,1,3,6-7,9H2. The molecule has 0 heterocycles. The first-order chi connectivity index (χ1) is 8.65. The van der Waals surface area contributed by atoms with Crippen LogP contribution in [-0.4, -0.2) is 18.1 Å². The van der Waals surface area contributed by atoms with Crippen molar-refractivity contribution in [1.29, 1.82) is 0 Å². The summed E-state index contributed by atoms with van der Waals surface area (Å²) in [5.74, 6) is 0. The summed E-state index contributed by atoms with van der Waals surface area (Å²) in [7, 11) is 0. The van der Waals surface area contributed by atoms with E-state index in [2.05, 4.69) is 27.8 Å². The molecule has 0 atom stereocenters. The molecule has 0 aliphatic heterocycles. The molecule has 0 saturated heterocycles. The number of nitrogens with one attached hydrogen (secondary N) is 1. The lowest BCUT2D eigenvalue weighted by atomic mass is 10.2. The molecular weight excluding hydrogens is 300 g/mol. The Labute approximate surface area is 114 Å². The average Bonchev–Trinajstić information content (AvgIpc) is 2.35. The summed E-state index contributed by atoms with van der Waals surface area (Å²) in [6.07, 6.45) is 2.23. The van der Waals surface area contributed by atoms with Gasteiger partial charge in [-0.15, -0.1) is 0 Å². The lowest BCUT2D eigenvalue weighted by Crippen LogP contribution is -2.16. The predicted octanol–water partition coefficient (Wildman–Crippen LogP) is 3.00. The van der Waals surface area contributed by atoms with Crippen LogP contribution in [0.25, 0.3) is 0 Å². The fraction of sp³-hybridized carbons (Fsp3) is 0.333. The second-order valence-corrected chi connectivity index (χ2v) is 4.51. The van der Waals surface area contributed by atoms with E-state index in [0.717, 1.165) is 13.0 Å². The van der Waals surface area contributed by atoms with Crippen LogP contribution in [0.3, 0.4) is 0 Å². The van der Waals surface area contributed by atoms with E-state index in [1.54, 1.807) is 12.1 Å². The highest BCUT2D eigenvalue weighted by atomic mass is 79.9. The second kappa shape index (κ2) is 7.84. The first-order valence-electron chi connectivity index (χ1n) is 5.51. The van der Waals surface area contributed by atoms with Crippen molar-refractivity contribution in [2.45, 2.75) is 13.0 Å². The van der Waals surface area contributed by atoms with Gasteiger partial charge in [-0.05, 0) is 25.1 Å². The SMILES string of the molecule is C=COCCCNCc1ccc(Br)cc1[N+](=O)[O-]. The molecule has 0 bridgehead atoms. The molecule has 0 unspecified atom stereocenters. The maximum atomic E-state index is 10.9. The molecule has 5 nitrogen and oxygen atoms in total. The highest BCUT2D eigenvalue weighted by Crippen LogP contribution is 2.23. The Morgan fingerprint density at radius 3 is 3.00 bits per heavy atom. The summed E-state index contributed by atoms with van der Waals surface area (Å²) in [6.45, 7) is 5.25. The number of benzene rings is 1. The van der Waals surface area contributed by atoms with Gasteiger partial charge in [0.05, 0.1) is 17.8 Å². The number of nitro groups is 1. The van der Waals surface area contributed by atoms with E-state index in [4.69, 9.17) is 4.74 Å². The molecule has 0 fully saturated rings. The Bertz CT molecular complexity index is 424. The summed E-state index contributed by atoms with van der Waals surface area (Å²) >= 11 is 3.22. The zero-order chi connectivity index (χ0) is 13.4. The van der Waals surface area contributed by atoms with Gasteiger partial charge in [-0.2, -0.15) is 0 Å². The number of ether oxygens (including phenoxy) is 1. The van der Waals surface area contributed by atoms with Crippen LogP contribution in [0.1, 0.15) is 12.0 Å². The molecule has 0 spiro atoms. The van der Waals surface area contributed by atoms with Crippen molar-refractivity contribution >= 4 is 21.6 Å². The fourth-order valence-electron chi connectivity index (χ4n) is 1.44. The fourth-order valence-corrected chi connectivity index (χ4v) is 1.79. The van der Waals surface area contributed by atoms with Gasteiger partial charge in [0.1, 0.15) is 0 Å². The van der Waals surface area contributed by atoms with Crippen LogP contribution >= 0.6 is 15.9 Å². The van der Waals surface area contributed by atoms with Gasteiger partial charge in [0.2, 0.25) is 0 Å². The Morgan fingerprint density at radius 1 is 1.56 bits per heavy atom. The van der Waals surface area contributed by atoms with Gasteiger partial charge < -0.3 is 10.1 Å². The second-order valence-electron chi connectivity index (χ2n) is 3.60. The highest BCUT2D eigenvalue weighted by Gasteiger charge is 2.13. The van der Waals surface area contributed by atoms with Crippen molar-refractivity contribution < 1.29 is 9.66 Å². The van der Waals surface area contributed by atoms with Crippen molar-refractivity contribution in [2.24, 2.45) is 0 Å². The Balaban J connectivity index is 2.46. The van der Waals surface area contributed by atoms with Gasteiger partial charge >= 0.3 is 0 Å². The number of hydrogen-bond donors (Lipinski definition) is 1. The molecule has 0 aliphatic rings. The van der Waals surface area contributed by atoms with Gasteiger partial charge in [0.25, 0.3) is 5.69 Å². The molecule has 0 aliphatic carbocycles. The zero-order valence-electron chi connectivity index (χ0n) is 9.89. The molecule has 0 saturated carbocycles. The Morgan fingerprint density at radius 2 is 2.33 bits per heavy atom. The maximum Gasteiger partial charge on any atom is 0.275 e. The first kappa shape index (κ1) is 14.7. The van der Waals surface area contributed by atoms with Gasteiger partial charge in [0.15, 0.2) is 0 Å². The molecule has 1 aromatic rings. The smallest absolute Gasteiger partial charge is 0.275 e. The molecule has 6 heteroatoms.